The number of Topliss-reactive ketones (excluding diaryl/α,β-unsaturated/α-hetero) is 1. The average Bonchev–Trinajstić information content (AvgIpc) is 3.40. The zero-order valence-electron chi connectivity index (χ0n) is 21.0. The number of hydrogen-bond acceptors (Lipinski definition) is 6. The van der Waals surface area contributed by atoms with E-state index in [0.29, 0.717) is 29.9 Å². The van der Waals surface area contributed by atoms with E-state index in [2.05, 4.69) is 11.9 Å². The van der Waals surface area contributed by atoms with E-state index in [0.717, 1.165) is 29.7 Å². The van der Waals surface area contributed by atoms with Gasteiger partial charge in [-0.3, -0.25) is 14.6 Å². The molecule has 0 aliphatic carbocycles. The van der Waals surface area contributed by atoms with E-state index in [1.165, 1.54) is 4.90 Å². The minimum atomic E-state index is -0.756. The SMILES string of the molecule is CCCCOc1ccc(C2/C(=C(\O)c3ccc4c(c3)CC(C)O4)C(=O)C(=O)N2Cc2cccnc2)cc1. The molecular weight excluding hydrogens is 468 g/mol. The maximum Gasteiger partial charge on any atom is 0.295 e. The topological polar surface area (TPSA) is 89.0 Å². The molecule has 2 atom stereocenters. The van der Waals surface area contributed by atoms with E-state index in [-0.39, 0.29) is 24.0 Å². The van der Waals surface area contributed by atoms with Crippen LogP contribution in [0.25, 0.3) is 5.76 Å². The molecule has 0 spiro atoms. The molecule has 0 radical (unpaired) electrons. The smallest absolute Gasteiger partial charge is 0.295 e. The van der Waals surface area contributed by atoms with Crippen LogP contribution in [0, 0.1) is 0 Å². The lowest BCUT2D eigenvalue weighted by Gasteiger charge is -2.25. The van der Waals surface area contributed by atoms with E-state index >= 15 is 0 Å². The number of ether oxygens (including phenoxy) is 2. The summed E-state index contributed by atoms with van der Waals surface area (Å²) in [5, 5.41) is 11.4. The van der Waals surface area contributed by atoms with Gasteiger partial charge in [0.1, 0.15) is 23.4 Å². The Kier molecular flexibility index (Phi) is 6.95. The van der Waals surface area contributed by atoms with Crippen molar-refractivity contribution in [2.45, 2.75) is 51.8 Å². The first-order valence-corrected chi connectivity index (χ1v) is 12.7. The van der Waals surface area contributed by atoms with Gasteiger partial charge in [-0.1, -0.05) is 31.5 Å². The third kappa shape index (κ3) is 4.94. The number of rotatable bonds is 8. The number of carbonyl (C=O) groups is 2. The van der Waals surface area contributed by atoms with Gasteiger partial charge < -0.3 is 19.5 Å². The van der Waals surface area contributed by atoms with E-state index in [9.17, 15) is 14.7 Å². The highest BCUT2D eigenvalue weighted by Gasteiger charge is 2.46. The average molecular weight is 499 g/mol. The molecule has 7 heteroatoms. The third-order valence-electron chi connectivity index (χ3n) is 6.75. The number of nitrogens with zero attached hydrogens (tertiary/aromatic N) is 2. The number of aliphatic hydroxyl groups excluding tert-OH is 1. The molecule has 2 aliphatic rings. The van der Waals surface area contributed by atoms with Gasteiger partial charge in [-0.25, -0.2) is 0 Å². The van der Waals surface area contributed by atoms with Gasteiger partial charge in [0, 0.05) is 30.9 Å². The quantitative estimate of drug-likeness (QED) is 0.199. The number of amides is 1. The van der Waals surface area contributed by atoms with Crippen LogP contribution in [0.1, 0.15) is 55.0 Å². The molecule has 3 heterocycles. The lowest BCUT2D eigenvalue weighted by atomic mass is 9.94. The molecule has 1 aromatic heterocycles. The number of hydrogen-bond donors (Lipinski definition) is 1. The molecule has 1 N–H and O–H groups in total. The summed E-state index contributed by atoms with van der Waals surface area (Å²) in [7, 11) is 0. The molecule has 190 valence electrons. The van der Waals surface area contributed by atoms with Crippen molar-refractivity contribution in [3.8, 4) is 11.5 Å². The number of ketones is 1. The fourth-order valence-corrected chi connectivity index (χ4v) is 4.88. The van der Waals surface area contributed by atoms with Gasteiger partial charge in [0.2, 0.25) is 0 Å². The third-order valence-corrected chi connectivity index (χ3v) is 6.75. The van der Waals surface area contributed by atoms with Gasteiger partial charge >= 0.3 is 0 Å². The van der Waals surface area contributed by atoms with E-state index in [1.807, 2.05) is 43.3 Å². The molecule has 2 aliphatic heterocycles. The van der Waals surface area contributed by atoms with Crippen LogP contribution in [0.5, 0.6) is 11.5 Å². The Morgan fingerprint density at radius 3 is 2.70 bits per heavy atom. The summed E-state index contributed by atoms with van der Waals surface area (Å²) < 4.78 is 11.6. The number of likely N-dealkylation sites (tertiary alicyclic amines) is 1. The van der Waals surface area contributed by atoms with Crippen LogP contribution >= 0.6 is 0 Å². The Bertz CT molecular complexity index is 1330. The van der Waals surface area contributed by atoms with E-state index < -0.39 is 17.7 Å². The second-order valence-electron chi connectivity index (χ2n) is 9.51. The molecule has 2 unspecified atom stereocenters. The number of aromatic nitrogens is 1. The lowest BCUT2D eigenvalue weighted by Crippen LogP contribution is -2.29. The van der Waals surface area contributed by atoms with Gasteiger partial charge in [0.15, 0.2) is 0 Å². The number of fused-ring (bicyclic) bond motifs is 1. The zero-order valence-corrected chi connectivity index (χ0v) is 21.0. The predicted octanol–water partition coefficient (Wildman–Crippen LogP) is 5.21. The Morgan fingerprint density at radius 2 is 1.97 bits per heavy atom. The molecule has 2 aromatic carbocycles. The Morgan fingerprint density at radius 1 is 1.16 bits per heavy atom. The van der Waals surface area contributed by atoms with Crippen LogP contribution in [-0.2, 0) is 22.6 Å². The Balaban J connectivity index is 1.56. The summed E-state index contributed by atoms with van der Waals surface area (Å²) >= 11 is 0. The fourth-order valence-electron chi connectivity index (χ4n) is 4.88. The van der Waals surface area contributed by atoms with Crippen LogP contribution in [0.15, 0.2) is 72.6 Å². The highest BCUT2D eigenvalue weighted by molar-refractivity contribution is 6.46. The first kappa shape index (κ1) is 24.6. The molecule has 0 bridgehead atoms. The predicted molar refractivity (Wildman–Crippen MR) is 139 cm³/mol. The molecule has 3 aromatic rings. The number of aliphatic hydroxyl groups is 1. The minimum absolute atomic E-state index is 0.0514. The van der Waals surface area contributed by atoms with Crippen molar-refractivity contribution in [1.29, 1.82) is 0 Å². The fraction of sp³-hybridized carbons (Fsp3) is 0.300. The first-order chi connectivity index (χ1) is 18.0. The number of pyridine rings is 1. The minimum Gasteiger partial charge on any atom is -0.507 e. The van der Waals surface area contributed by atoms with E-state index in [4.69, 9.17) is 9.47 Å². The summed E-state index contributed by atoms with van der Waals surface area (Å²) in [5.41, 5.74) is 3.02. The van der Waals surface area contributed by atoms with Gasteiger partial charge in [-0.05, 0) is 66.4 Å². The van der Waals surface area contributed by atoms with Crippen LogP contribution < -0.4 is 9.47 Å². The second-order valence-corrected chi connectivity index (χ2v) is 9.51. The Hall–Kier alpha value is -4.13. The molecule has 7 nitrogen and oxygen atoms in total. The van der Waals surface area contributed by atoms with Crippen molar-refractivity contribution in [3.63, 3.8) is 0 Å². The molecule has 1 fully saturated rings. The molecule has 1 amide bonds. The summed E-state index contributed by atoms with van der Waals surface area (Å²) in [6.07, 6.45) is 6.09. The van der Waals surface area contributed by atoms with Gasteiger partial charge in [-0.2, -0.15) is 0 Å². The maximum atomic E-state index is 13.4. The van der Waals surface area contributed by atoms with Crippen molar-refractivity contribution in [2.75, 3.05) is 6.61 Å². The van der Waals surface area contributed by atoms with Crippen LogP contribution in [-0.4, -0.2) is 39.4 Å². The van der Waals surface area contributed by atoms with E-state index in [1.54, 1.807) is 30.6 Å². The lowest BCUT2D eigenvalue weighted by molar-refractivity contribution is -0.140. The monoisotopic (exact) mass is 498 g/mol. The summed E-state index contributed by atoms with van der Waals surface area (Å²) in [4.78, 5) is 32.3. The van der Waals surface area contributed by atoms with Crippen LogP contribution in [0.2, 0.25) is 0 Å². The first-order valence-electron chi connectivity index (χ1n) is 12.7. The standard InChI is InChI=1S/C30H30N2O5/c1-3-4-14-36-24-10-7-21(8-11-24)27-26(28(33)22-9-12-25-23(16-22)15-19(2)37-25)29(34)30(35)32(27)18-20-6-5-13-31-17-20/h5-13,16-17,19,27,33H,3-4,14-15,18H2,1-2H3/b28-26+. The van der Waals surface area contributed by atoms with Crippen LogP contribution in [0.4, 0.5) is 0 Å². The van der Waals surface area contributed by atoms with Gasteiger partial charge in [0.05, 0.1) is 18.2 Å². The molecule has 0 saturated carbocycles. The molecule has 1 saturated heterocycles. The zero-order chi connectivity index (χ0) is 25.9. The second kappa shape index (κ2) is 10.5. The van der Waals surface area contributed by atoms with Crippen LogP contribution in [0.3, 0.4) is 0 Å². The molecular formula is C30H30N2O5. The van der Waals surface area contributed by atoms with Gasteiger partial charge in [-0.15, -0.1) is 0 Å². The van der Waals surface area contributed by atoms with Crippen molar-refractivity contribution >= 4 is 17.4 Å². The summed E-state index contributed by atoms with van der Waals surface area (Å²) in [5.74, 6) is -0.0651. The summed E-state index contributed by atoms with van der Waals surface area (Å²) in [6.45, 7) is 4.89. The number of carbonyl (C=O) groups excluding carboxylic acids is 2. The highest BCUT2D eigenvalue weighted by Crippen LogP contribution is 2.41. The number of benzene rings is 2. The van der Waals surface area contributed by atoms with Crippen molar-refractivity contribution in [1.82, 2.24) is 9.88 Å². The van der Waals surface area contributed by atoms with Crippen molar-refractivity contribution in [3.05, 3.63) is 94.8 Å². The number of unbranched alkanes of at least 4 members (excludes halogenated alkanes) is 1. The maximum absolute atomic E-state index is 13.4. The Labute approximate surface area is 216 Å². The van der Waals surface area contributed by atoms with Gasteiger partial charge in [0.25, 0.3) is 11.7 Å². The highest BCUT2D eigenvalue weighted by atomic mass is 16.5. The largest absolute Gasteiger partial charge is 0.507 e. The normalized spacial score (nSPS) is 20.1. The van der Waals surface area contributed by atoms with Crippen molar-refractivity contribution in [2.24, 2.45) is 0 Å². The molecule has 37 heavy (non-hydrogen) atoms. The summed E-state index contributed by atoms with van der Waals surface area (Å²) in [6, 6.07) is 15.6. The van der Waals surface area contributed by atoms with Crippen molar-refractivity contribution < 1.29 is 24.2 Å². The molecule has 5 rings (SSSR count).